The van der Waals surface area contributed by atoms with Crippen molar-refractivity contribution in [2.24, 2.45) is 10.8 Å². The largest absolute Gasteiger partial charge is 0.383 e. The number of halogens is 2. The molecule has 1 aliphatic heterocycles. The third-order valence-corrected chi connectivity index (χ3v) is 4.97. The Hall–Kier alpha value is -3.50. The van der Waals surface area contributed by atoms with Gasteiger partial charge >= 0.3 is 0 Å². The molecule has 32 heavy (non-hydrogen) atoms. The number of nitrogens with one attached hydrogen (secondary N) is 2. The van der Waals surface area contributed by atoms with Gasteiger partial charge in [-0.2, -0.15) is 5.10 Å². The Labute approximate surface area is 188 Å². The third kappa shape index (κ3) is 5.40. The van der Waals surface area contributed by atoms with Crippen LogP contribution in [-0.2, 0) is 14.3 Å². The van der Waals surface area contributed by atoms with Crippen LogP contribution >= 0.6 is 11.6 Å². The first-order valence-electron chi connectivity index (χ1n) is 9.59. The van der Waals surface area contributed by atoms with Crippen LogP contribution < -0.4 is 21.4 Å². The van der Waals surface area contributed by atoms with E-state index in [9.17, 15) is 18.8 Å². The van der Waals surface area contributed by atoms with Gasteiger partial charge in [-0.1, -0.05) is 11.6 Å². The zero-order valence-electron chi connectivity index (χ0n) is 17.1. The summed E-state index contributed by atoms with van der Waals surface area (Å²) < 4.78 is 18.1. The topological polar surface area (TPSA) is 126 Å². The first-order chi connectivity index (χ1) is 15.3. The number of benzene rings is 2. The minimum atomic E-state index is -0.886. The molecular weight excluding hydrogens is 441 g/mol. The van der Waals surface area contributed by atoms with Crippen LogP contribution in [0.1, 0.15) is 16.8 Å². The number of carbonyl (C=O) groups excluding carboxylic acids is 3. The maximum Gasteiger partial charge on any atom is 0.271 e. The number of primary amides is 1. The van der Waals surface area contributed by atoms with E-state index in [4.69, 9.17) is 22.1 Å². The Morgan fingerprint density at radius 1 is 1.22 bits per heavy atom. The zero-order chi connectivity index (χ0) is 23.3. The molecule has 2 aromatic carbocycles. The van der Waals surface area contributed by atoms with Crippen LogP contribution in [0.4, 0.5) is 15.8 Å². The summed E-state index contributed by atoms with van der Waals surface area (Å²) >= 11 is 6.19. The molecule has 3 amide bonds. The molecule has 0 saturated heterocycles. The molecule has 0 bridgehead atoms. The Morgan fingerprint density at radius 3 is 2.56 bits per heavy atom. The van der Waals surface area contributed by atoms with E-state index in [0.717, 1.165) is 0 Å². The summed E-state index contributed by atoms with van der Waals surface area (Å²) in [6, 6.07) is 8.86. The summed E-state index contributed by atoms with van der Waals surface area (Å²) in [4.78, 5) is 36.7. The van der Waals surface area contributed by atoms with Crippen molar-refractivity contribution in [1.82, 2.24) is 5.32 Å². The van der Waals surface area contributed by atoms with Crippen molar-refractivity contribution in [2.75, 3.05) is 30.6 Å². The highest BCUT2D eigenvalue weighted by molar-refractivity contribution is 6.44. The first-order valence-corrected chi connectivity index (χ1v) is 9.97. The fourth-order valence-electron chi connectivity index (χ4n) is 3.04. The SMILES string of the molecule is COCCNC(=O)c1ccc(NC(=O)C2=NN(c3ccc(F)cc3)C(C(N)=O)C2)cc1Cl. The summed E-state index contributed by atoms with van der Waals surface area (Å²) in [6.07, 6.45) is -0.0216. The monoisotopic (exact) mass is 461 g/mol. The number of hydrazone groups is 1. The second-order valence-corrected chi connectivity index (χ2v) is 7.29. The van der Waals surface area contributed by atoms with Gasteiger partial charge in [0.2, 0.25) is 5.91 Å². The quantitative estimate of drug-likeness (QED) is 0.518. The number of nitrogens with two attached hydrogens (primary N) is 1. The molecule has 11 heteroatoms. The maximum absolute atomic E-state index is 13.2. The van der Waals surface area contributed by atoms with Crippen molar-refractivity contribution in [2.45, 2.75) is 12.5 Å². The molecule has 0 spiro atoms. The molecule has 0 radical (unpaired) electrons. The zero-order valence-corrected chi connectivity index (χ0v) is 17.9. The van der Waals surface area contributed by atoms with Crippen LogP contribution in [0, 0.1) is 5.82 Å². The minimum Gasteiger partial charge on any atom is -0.383 e. The second kappa shape index (κ2) is 10.2. The predicted octanol–water partition coefficient (Wildman–Crippen LogP) is 1.91. The van der Waals surface area contributed by atoms with E-state index in [2.05, 4.69) is 15.7 Å². The van der Waals surface area contributed by atoms with Gasteiger partial charge in [-0.05, 0) is 42.5 Å². The van der Waals surface area contributed by atoms with Gasteiger partial charge in [0.05, 0.1) is 22.9 Å². The molecule has 0 fully saturated rings. The fraction of sp³-hybridized carbons (Fsp3) is 0.238. The molecule has 4 N–H and O–H groups in total. The Morgan fingerprint density at radius 2 is 1.94 bits per heavy atom. The lowest BCUT2D eigenvalue weighted by atomic mass is 10.1. The van der Waals surface area contributed by atoms with Crippen LogP contribution in [0.25, 0.3) is 0 Å². The molecule has 0 aliphatic carbocycles. The Kier molecular flexibility index (Phi) is 7.39. The molecule has 0 aromatic heterocycles. The van der Waals surface area contributed by atoms with E-state index >= 15 is 0 Å². The number of nitrogens with zero attached hydrogens (tertiary/aromatic N) is 2. The van der Waals surface area contributed by atoms with Crippen molar-refractivity contribution < 1.29 is 23.5 Å². The predicted molar refractivity (Wildman–Crippen MR) is 118 cm³/mol. The molecule has 1 aliphatic rings. The first kappa shape index (κ1) is 23.2. The van der Waals surface area contributed by atoms with E-state index in [-0.39, 0.29) is 28.6 Å². The van der Waals surface area contributed by atoms with Gasteiger partial charge in [0.15, 0.2) is 0 Å². The number of anilines is 2. The number of amides is 3. The highest BCUT2D eigenvalue weighted by Gasteiger charge is 2.35. The molecule has 1 atom stereocenters. The second-order valence-electron chi connectivity index (χ2n) is 6.89. The molecule has 1 unspecified atom stereocenters. The summed E-state index contributed by atoms with van der Waals surface area (Å²) in [5, 5.41) is 10.9. The molecule has 0 saturated carbocycles. The number of methoxy groups -OCH3 is 1. The van der Waals surface area contributed by atoms with Crippen molar-refractivity contribution in [3.63, 3.8) is 0 Å². The maximum atomic E-state index is 13.2. The van der Waals surface area contributed by atoms with E-state index in [1.54, 1.807) is 0 Å². The average molecular weight is 462 g/mol. The van der Waals surface area contributed by atoms with Crippen molar-refractivity contribution in [3.05, 3.63) is 58.9 Å². The van der Waals surface area contributed by atoms with Gasteiger partial charge in [0.25, 0.3) is 11.8 Å². The van der Waals surface area contributed by atoms with Gasteiger partial charge in [0, 0.05) is 25.8 Å². The molecule has 1 heterocycles. The van der Waals surface area contributed by atoms with Crippen molar-refractivity contribution >= 4 is 46.4 Å². The number of hydrogen-bond donors (Lipinski definition) is 3. The molecule has 9 nitrogen and oxygen atoms in total. The van der Waals surface area contributed by atoms with Crippen LogP contribution in [0.3, 0.4) is 0 Å². The summed E-state index contributed by atoms with van der Waals surface area (Å²) in [7, 11) is 1.52. The smallest absolute Gasteiger partial charge is 0.271 e. The summed E-state index contributed by atoms with van der Waals surface area (Å²) in [5.74, 6) is -2.05. The lowest BCUT2D eigenvalue weighted by molar-refractivity contribution is -0.119. The lowest BCUT2D eigenvalue weighted by Crippen LogP contribution is -2.39. The van der Waals surface area contributed by atoms with E-state index in [0.29, 0.717) is 24.5 Å². The van der Waals surface area contributed by atoms with Crippen molar-refractivity contribution in [1.29, 1.82) is 0 Å². The number of hydrogen-bond acceptors (Lipinski definition) is 6. The van der Waals surface area contributed by atoms with Crippen LogP contribution in [-0.4, -0.2) is 49.7 Å². The lowest BCUT2D eigenvalue weighted by Gasteiger charge is -2.20. The number of rotatable bonds is 8. The van der Waals surface area contributed by atoms with Crippen LogP contribution in [0.2, 0.25) is 5.02 Å². The van der Waals surface area contributed by atoms with Crippen LogP contribution in [0.5, 0.6) is 0 Å². The molecule has 2 aromatic rings. The highest BCUT2D eigenvalue weighted by Crippen LogP contribution is 2.26. The summed E-state index contributed by atoms with van der Waals surface area (Å²) in [5.41, 5.74) is 6.53. The van der Waals surface area contributed by atoms with Crippen LogP contribution in [0.15, 0.2) is 47.6 Å². The molecular formula is C21H21ClFN5O4. The Balaban J connectivity index is 1.72. The minimum absolute atomic E-state index is 0.0216. The van der Waals surface area contributed by atoms with E-state index in [1.807, 2.05) is 0 Å². The fourth-order valence-corrected chi connectivity index (χ4v) is 3.31. The van der Waals surface area contributed by atoms with E-state index in [1.165, 1.54) is 54.6 Å². The van der Waals surface area contributed by atoms with Gasteiger partial charge in [0.1, 0.15) is 17.6 Å². The van der Waals surface area contributed by atoms with E-state index < -0.39 is 23.7 Å². The van der Waals surface area contributed by atoms with Gasteiger partial charge in [-0.3, -0.25) is 19.4 Å². The number of ether oxygens (including phenoxy) is 1. The number of carbonyl (C=O) groups is 3. The Bertz CT molecular complexity index is 1060. The molecule has 3 rings (SSSR count). The standard InChI is InChI=1S/C21H21ClFN5O4/c1-32-9-8-25-20(30)15-7-4-13(10-16(15)22)26-21(31)17-11-18(19(24)29)28(27-17)14-5-2-12(23)3-6-14/h2-7,10,18H,8-9,11H2,1H3,(H2,24,29)(H,25,30)(H,26,31). The van der Waals surface area contributed by atoms with Gasteiger partial charge < -0.3 is 21.1 Å². The molecule has 168 valence electrons. The average Bonchev–Trinajstić information content (AvgIpc) is 3.20. The van der Waals surface area contributed by atoms with Gasteiger partial charge in [-0.25, -0.2) is 4.39 Å². The van der Waals surface area contributed by atoms with Crippen molar-refractivity contribution in [3.8, 4) is 0 Å². The normalized spacial score (nSPS) is 15.3. The third-order valence-electron chi connectivity index (χ3n) is 4.66. The highest BCUT2D eigenvalue weighted by atomic mass is 35.5. The van der Waals surface area contributed by atoms with Gasteiger partial charge in [-0.15, -0.1) is 0 Å². The summed E-state index contributed by atoms with van der Waals surface area (Å²) in [6.45, 7) is 0.691.